The van der Waals surface area contributed by atoms with Gasteiger partial charge in [-0.25, -0.2) is 0 Å². The molecule has 3 heteroatoms. The van der Waals surface area contributed by atoms with Crippen molar-refractivity contribution < 1.29 is 14.6 Å². The molecule has 0 aliphatic carbocycles. The van der Waals surface area contributed by atoms with Gasteiger partial charge in [0.2, 0.25) is 0 Å². The highest BCUT2D eigenvalue weighted by Gasteiger charge is 2.11. The molecule has 0 atom stereocenters. The van der Waals surface area contributed by atoms with Gasteiger partial charge in [0.25, 0.3) is 0 Å². The van der Waals surface area contributed by atoms with Gasteiger partial charge in [-0.2, -0.15) is 0 Å². The summed E-state index contributed by atoms with van der Waals surface area (Å²) in [6.07, 6.45) is 2.71. The fraction of sp³-hybridized carbons (Fsp3) is 0.385. The first-order chi connectivity index (χ1) is 7.62. The summed E-state index contributed by atoms with van der Waals surface area (Å²) >= 11 is 0. The van der Waals surface area contributed by atoms with Crippen LogP contribution in [0, 0.1) is 0 Å². The largest absolute Gasteiger partial charge is 0.504 e. The van der Waals surface area contributed by atoms with Crippen LogP contribution in [0.5, 0.6) is 17.2 Å². The first kappa shape index (κ1) is 12.4. The number of methoxy groups -OCH3 is 2. The number of rotatable bonds is 4. The van der Waals surface area contributed by atoms with E-state index in [9.17, 15) is 5.11 Å². The molecule has 0 unspecified atom stereocenters. The van der Waals surface area contributed by atoms with Crippen molar-refractivity contribution in [1.82, 2.24) is 0 Å². The maximum absolute atomic E-state index is 9.95. The van der Waals surface area contributed by atoms with Gasteiger partial charge in [0.1, 0.15) is 5.75 Å². The lowest BCUT2D eigenvalue weighted by molar-refractivity contribution is 0.361. The molecule has 0 amide bonds. The highest BCUT2D eigenvalue weighted by atomic mass is 16.5. The molecule has 1 aromatic carbocycles. The van der Waals surface area contributed by atoms with Gasteiger partial charge >= 0.3 is 0 Å². The lowest BCUT2D eigenvalue weighted by Gasteiger charge is -2.11. The number of hydrogen-bond donors (Lipinski definition) is 1. The third-order valence-corrected chi connectivity index (χ3v) is 2.55. The average Bonchev–Trinajstić information content (AvgIpc) is 2.31. The molecule has 0 heterocycles. The number of aromatic hydroxyl groups is 1. The minimum absolute atomic E-state index is 0.185. The average molecular weight is 222 g/mol. The molecule has 88 valence electrons. The molecule has 1 N–H and O–H groups in total. The Morgan fingerprint density at radius 2 is 2.00 bits per heavy atom. The Bertz CT molecular complexity index is 394. The van der Waals surface area contributed by atoms with Gasteiger partial charge in [0, 0.05) is 11.6 Å². The molecule has 0 saturated carbocycles. The zero-order valence-electron chi connectivity index (χ0n) is 10.2. The number of hydrogen-bond acceptors (Lipinski definition) is 3. The van der Waals surface area contributed by atoms with Gasteiger partial charge in [-0.05, 0) is 26.3 Å². The maximum atomic E-state index is 9.95. The summed E-state index contributed by atoms with van der Waals surface area (Å²) in [4.78, 5) is 0. The van der Waals surface area contributed by atoms with Crippen LogP contribution in [0.3, 0.4) is 0 Å². The van der Waals surface area contributed by atoms with Crippen LogP contribution in [0.15, 0.2) is 23.8 Å². The van der Waals surface area contributed by atoms with Gasteiger partial charge in [-0.1, -0.05) is 11.6 Å². The smallest absolute Gasteiger partial charge is 0.164 e. The van der Waals surface area contributed by atoms with Gasteiger partial charge in [-0.15, -0.1) is 0 Å². The molecule has 16 heavy (non-hydrogen) atoms. The Kier molecular flexibility index (Phi) is 4.23. The summed E-state index contributed by atoms with van der Waals surface area (Å²) in [5.74, 6) is 1.32. The topological polar surface area (TPSA) is 38.7 Å². The molecule has 0 aromatic heterocycles. The fourth-order valence-corrected chi connectivity index (χ4v) is 1.45. The molecule has 1 rings (SSSR count). The number of allylic oxidation sites excluding steroid dienone is 2. The standard InChI is InChI=1S/C13H18O3/c1-5-9(2)6-10-7-11(15-3)8-12(16-4)13(10)14/h5,7-8,14H,6H2,1-4H3/b9-5+. The van der Waals surface area contributed by atoms with Crippen molar-refractivity contribution in [3.63, 3.8) is 0 Å². The summed E-state index contributed by atoms with van der Waals surface area (Å²) in [5, 5.41) is 9.95. The van der Waals surface area contributed by atoms with Crippen molar-refractivity contribution in [3.05, 3.63) is 29.3 Å². The van der Waals surface area contributed by atoms with E-state index in [1.165, 1.54) is 12.7 Å². The van der Waals surface area contributed by atoms with Gasteiger partial charge in [0.15, 0.2) is 11.5 Å². The molecular formula is C13H18O3. The van der Waals surface area contributed by atoms with Crippen molar-refractivity contribution in [2.45, 2.75) is 20.3 Å². The third-order valence-electron chi connectivity index (χ3n) is 2.55. The molecule has 0 aliphatic heterocycles. The van der Waals surface area contributed by atoms with Crippen LogP contribution in [0.4, 0.5) is 0 Å². The highest BCUT2D eigenvalue weighted by Crippen LogP contribution is 2.35. The summed E-state index contributed by atoms with van der Waals surface area (Å²) < 4.78 is 10.3. The normalized spacial score (nSPS) is 11.4. The van der Waals surface area contributed by atoms with Crippen LogP contribution in [-0.2, 0) is 6.42 Å². The Balaban J connectivity index is 3.15. The second-order valence-electron chi connectivity index (χ2n) is 3.65. The lowest BCUT2D eigenvalue weighted by Crippen LogP contribution is -1.94. The molecule has 0 fully saturated rings. The number of benzene rings is 1. The third kappa shape index (κ3) is 2.69. The van der Waals surface area contributed by atoms with Gasteiger partial charge in [0.05, 0.1) is 14.2 Å². The number of phenolic OH excluding ortho intramolecular Hbond substituents is 1. The minimum atomic E-state index is 0.185. The minimum Gasteiger partial charge on any atom is -0.504 e. The van der Waals surface area contributed by atoms with E-state index >= 15 is 0 Å². The van der Waals surface area contributed by atoms with Crippen molar-refractivity contribution in [1.29, 1.82) is 0 Å². The van der Waals surface area contributed by atoms with Gasteiger partial charge in [-0.3, -0.25) is 0 Å². The zero-order valence-corrected chi connectivity index (χ0v) is 10.2. The molecular weight excluding hydrogens is 204 g/mol. The van der Waals surface area contributed by atoms with Gasteiger partial charge < -0.3 is 14.6 Å². The molecule has 0 radical (unpaired) electrons. The Morgan fingerprint density at radius 3 is 2.50 bits per heavy atom. The van der Waals surface area contributed by atoms with Crippen LogP contribution in [0.2, 0.25) is 0 Å². The van der Waals surface area contributed by atoms with Crippen molar-refractivity contribution in [2.24, 2.45) is 0 Å². The molecule has 1 aromatic rings. The Hall–Kier alpha value is -1.64. The molecule has 0 aliphatic rings. The van der Waals surface area contributed by atoms with E-state index in [4.69, 9.17) is 9.47 Å². The fourth-order valence-electron chi connectivity index (χ4n) is 1.45. The molecule has 0 spiro atoms. The quantitative estimate of drug-likeness (QED) is 0.796. The Morgan fingerprint density at radius 1 is 1.31 bits per heavy atom. The lowest BCUT2D eigenvalue weighted by atomic mass is 10.0. The molecule has 0 bridgehead atoms. The summed E-state index contributed by atoms with van der Waals surface area (Å²) in [6.45, 7) is 4.00. The van der Waals surface area contributed by atoms with Crippen molar-refractivity contribution >= 4 is 0 Å². The van der Waals surface area contributed by atoms with E-state index in [1.807, 2.05) is 26.0 Å². The molecule has 3 nitrogen and oxygen atoms in total. The van der Waals surface area contributed by atoms with Crippen LogP contribution in [-0.4, -0.2) is 19.3 Å². The predicted molar refractivity (Wildman–Crippen MR) is 64.3 cm³/mol. The molecule has 0 saturated heterocycles. The summed E-state index contributed by atoms with van der Waals surface area (Å²) in [7, 11) is 3.12. The second kappa shape index (κ2) is 5.45. The summed E-state index contributed by atoms with van der Waals surface area (Å²) in [6, 6.07) is 3.49. The van der Waals surface area contributed by atoms with Crippen LogP contribution in [0.25, 0.3) is 0 Å². The second-order valence-corrected chi connectivity index (χ2v) is 3.65. The SMILES string of the molecule is C/C=C(\C)Cc1cc(OC)cc(OC)c1O. The number of phenols is 1. The van der Waals surface area contributed by atoms with Crippen molar-refractivity contribution in [2.75, 3.05) is 14.2 Å². The van der Waals surface area contributed by atoms with E-state index in [0.717, 1.165) is 5.56 Å². The van der Waals surface area contributed by atoms with E-state index in [2.05, 4.69) is 0 Å². The monoisotopic (exact) mass is 222 g/mol. The number of ether oxygens (including phenoxy) is 2. The highest BCUT2D eigenvalue weighted by molar-refractivity contribution is 5.51. The Labute approximate surface area is 96.3 Å². The first-order valence-electron chi connectivity index (χ1n) is 5.18. The first-order valence-corrected chi connectivity index (χ1v) is 5.18. The maximum Gasteiger partial charge on any atom is 0.164 e. The van der Waals surface area contributed by atoms with Crippen LogP contribution in [0.1, 0.15) is 19.4 Å². The van der Waals surface area contributed by atoms with Crippen molar-refractivity contribution in [3.8, 4) is 17.2 Å². The van der Waals surface area contributed by atoms with E-state index in [1.54, 1.807) is 13.2 Å². The predicted octanol–water partition coefficient (Wildman–Crippen LogP) is 2.92. The van der Waals surface area contributed by atoms with E-state index < -0.39 is 0 Å². The zero-order chi connectivity index (χ0) is 12.1. The van der Waals surface area contributed by atoms with Crippen LogP contribution >= 0.6 is 0 Å². The van der Waals surface area contributed by atoms with E-state index in [-0.39, 0.29) is 5.75 Å². The summed E-state index contributed by atoms with van der Waals surface area (Å²) in [5.41, 5.74) is 2.00. The van der Waals surface area contributed by atoms with E-state index in [0.29, 0.717) is 17.9 Å². The van der Waals surface area contributed by atoms with Crippen LogP contribution < -0.4 is 9.47 Å².